The number of ether oxygens (including phenoxy) is 1. The molecule has 2 heterocycles. The number of aromatic nitrogens is 2. The van der Waals surface area contributed by atoms with Crippen LogP contribution in [0.3, 0.4) is 0 Å². The monoisotopic (exact) mass is 334 g/mol. The second-order valence-corrected chi connectivity index (χ2v) is 5.83. The van der Waals surface area contributed by atoms with Gasteiger partial charge in [-0.05, 0) is 43.0 Å². The fourth-order valence-corrected chi connectivity index (χ4v) is 2.38. The van der Waals surface area contributed by atoms with E-state index in [4.69, 9.17) is 9.15 Å². The molecule has 1 aliphatic carbocycles. The van der Waals surface area contributed by atoms with Crippen LogP contribution in [-0.2, 0) is 6.18 Å². The number of oxazole rings is 1. The van der Waals surface area contributed by atoms with Gasteiger partial charge in [0.2, 0.25) is 5.89 Å². The van der Waals surface area contributed by atoms with Crippen LogP contribution in [0.15, 0.2) is 41.1 Å². The number of rotatable bonds is 4. The van der Waals surface area contributed by atoms with Crippen molar-refractivity contribution >= 4 is 11.1 Å². The van der Waals surface area contributed by atoms with Crippen LogP contribution in [0.25, 0.3) is 22.6 Å². The Balaban J connectivity index is 1.71. The molecular formula is C17H13F3N2O2. The van der Waals surface area contributed by atoms with Crippen LogP contribution in [-0.4, -0.2) is 16.6 Å². The van der Waals surface area contributed by atoms with E-state index in [9.17, 15) is 13.2 Å². The lowest BCUT2D eigenvalue weighted by Gasteiger charge is -2.07. The number of hydrogen-bond acceptors (Lipinski definition) is 4. The van der Waals surface area contributed by atoms with E-state index in [2.05, 4.69) is 9.97 Å². The average molecular weight is 334 g/mol. The number of pyridine rings is 1. The van der Waals surface area contributed by atoms with Crippen molar-refractivity contribution in [1.82, 2.24) is 9.97 Å². The molecule has 0 saturated heterocycles. The summed E-state index contributed by atoms with van der Waals surface area (Å²) in [5, 5.41) is 0. The molecule has 3 aromatic rings. The van der Waals surface area contributed by atoms with Gasteiger partial charge >= 0.3 is 6.18 Å². The summed E-state index contributed by atoms with van der Waals surface area (Å²) in [7, 11) is 0. The summed E-state index contributed by atoms with van der Waals surface area (Å²) in [6, 6.07) is 4.92. The molecule has 24 heavy (non-hydrogen) atoms. The molecule has 0 aliphatic heterocycles. The van der Waals surface area contributed by atoms with Gasteiger partial charge in [-0.3, -0.25) is 4.98 Å². The number of halogens is 3. The van der Waals surface area contributed by atoms with E-state index in [0.717, 1.165) is 25.0 Å². The summed E-state index contributed by atoms with van der Waals surface area (Å²) < 4.78 is 49.8. The molecule has 1 fully saturated rings. The van der Waals surface area contributed by atoms with E-state index in [-0.39, 0.29) is 11.4 Å². The fourth-order valence-electron chi connectivity index (χ4n) is 2.38. The molecular weight excluding hydrogens is 321 g/mol. The molecule has 7 heteroatoms. The molecule has 0 spiro atoms. The topological polar surface area (TPSA) is 48.2 Å². The minimum Gasteiger partial charge on any atom is -0.491 e. The Bertz CT molecular complexity index is 885. The highest BCUT2D eigenvalue weighted by molar-refractivity contribution is 5.78. The van der Waals surface area contributed by atoms with Crippen molar-refractivity contribution in [3.05, 3.63) is 42.2 Å². The highest BCUT2D eigenvalue weighted by Gasteiger charge is 2.31. The lowest BCUT2D eigenvalue weighted by Crippen LogP contribution is -2.03. The minimum atomic E-state index is -4.41. The molecule has 0 unspecified atom stereocenters. The van der Waals surface area contributed by atoms with Crippen molar-refractivity contribution in [1.29, 1.82) is 0 Å². The van der Waals surface area contributed by atoms with Gasteiger partial charge < -0.3 is 9.15 Å². The lowest BCUT2D eigenvalue weighted by atomic mass is 10.2. The first kappa shape index (κ1) is 15.0. The van der Waals surface area contributed by atoms with Crippen molar-refractivity contribution in [2.24, 2.45) is 5.92 Å². The Morgan fingerprint density at radius 2 is 2.04 bits per heavy atom. The largest absolute Gasteiger partial charge is 0.491 e. The smallest absolute Gasteiger partial charge is 0.416 e. The second kappa shape index (κ2) is 5.51. The Morgan fingerprint density at radius 1 is 1.21 bits per heavy atom. The standard InChI is InChI=1S/C17H13F3N2O2/c18-17(19,20)11-3-4-14-13(7-11)22-16(24-14)12-5-6-21-8-15(12)23-9-10-1-2-10/h3-8,10H,1-2,9H2. The van der Waals surface area contributed by atoms with Crippen molar-refractivity contribution < 1.29 is 22.3 Å². The van der Waals surface area contributed by atoms with Gasteiger partial charge in [-0.2, -0.15) is 13.2 Å². The summed E-state index contributed by atoms with van der Waals surface area (Å²) in [5.41, 5.74) is 0.276. The number of nitrogens with zero attached hydrogens (tertiary/aromatic N) is 2. The predicted molar refractivity (Wildman–Crippen MR) is 80.5 cm³/mol. The van der Waals surface area contributed by atoms with Crippen LogP contribution < -0.4 is 4.74 Å². The lowest BCUT2D eigenvalue weighted by molar-refractivity contribution is -0.137. The molecule has 4 rings (SSSR count). The quantitative estimate of drug-likeness (QED) is 0.694. The third kappa shape index (κ3) is 2.93. The number of hydrogen-bond donors (Lipinski definition) is 0. The van der Waals surface area contributed by atoms with Gasteiger partial charge in [-0.15, -0.1) is 0 Å². The predicted octanol–water partition coefficient (Wildman–Crippen LogP) is 4.70. The van der Waals surface area contributed by atoms with E-state index >= 15 is 0 Å². The van der Waals surface area contributed by atoms with Crippen LogP contribution >= 0.6 is 0 Å². The number of benzene rings is 1. The Hall–Kier alpha value is -2.57. The van der Waals surface area contributed by atoms with Crippen molar-refractivity contribution in [3.8, 4) is 17.2 Å². The van der Waals surface area contributed by atoms with Gasteiger partial charge in [0.25, 0.3) is 0 Å². The van der Waals surface area contributed by atoms with Crippen molar-refractivity contribution in [3.63, 3.8) is 0 Å². The zero-order valence-electron chi connectivity index (χ0n) is 12.5. The van der Waals surface area contributed by atoms with Gasteiger partial charge in [-0.1, -0.05) is 0 Å². The highest BCUT2D eigenvalue weighted by Crippen LogP contribution is 2.36. The first-order valence-electron chi connectivity index (χ1n) is 7.56. The molecule has 2 aromatic heterocycles. The zero-order valence-corrected chi connectivity index (χ0v) is 12.5. The molecule has 0 bridgehead atoms. The van der Waals surface area contributed by atoms with Gasteiger partial charge in [-0.25, -0.2) is 4.98 Å². The van der Waals surface area contributed by atoms with Gasteiger partial charge in [0.1, 0.15) is 11.3 Å². The second-order valence-electron chi connectivity index (χ2n) is 5.83. The summed E-state index contributed by atoms with van der Waals surface area (Å²) in [6.07, 6.45) is 1.02. The molecule has 0 atom stereocenters. The molecule has 1 saturated carbocycles. The fraction of sp³-hybridized carbons (Fsp3) is 0.294. The molecule has 0 amide bonds. The van der Waals surface area contributed by atoms with Crippen LogP contribution in [0.1, 0.15) is 18.4 Å². The summed E-state index contributed by atoms with van der Waals surface area (Å²) >= 11 is 0. The van der Waals surface area contributed by atoms with Crippen LogP contribution in [0.4, 0.5) is 13.2 Å². The molecule has 1 aromatic carbocycles. The highest BCUT2D eigenvalue weighted by atomic mass is 19.4. The first-order chi connectivity index (χ1) is 11.5. The minimum absolute atomic E-state index is 0.157. The molecule has 124 valence electrons. The average Bonchev–Trinajstić information content (AvgIpc) is 3.28. The maximum atomic E-state index is 12.8. The number of alkyl halides is 3. The SMILES string of the molecule is FC(F)(F)c1ccc2oc(-c3ccncc3OCC3CC3)nc2c1. The first-order valence-corrected chi connectivity index (χ1v) is 7.56. The van der Waals surface area contributed by atoms with Gasteiger partial charge in [0, 0.05) is 6.20 Å². The van der Waals surface area contributed by atoms with Crippen molar-refractivity contribution in [2.75, 3.05) is 6.61 Å². The molecule has 0 N–H and O–H groups in total. The Morgan fingerprint density at radius 3 is 2.79 bits per heavy atom. The zero-order chi connectivity index (χ0) is 16.7. The summed E-state index contributed by atoms with van der Waals surface area (Å²) in [6.45, 7) is 0.594. The van der Waals surface area contributed by atoms with Crippen LogP contribution in [0.2, 0.25) is 0 Å². The number of fused-ring (bicyclic) bond motifs is 1. The van der Waals surface area contributed by atoms with E-state index in [0.29, 0.717) is 29.4 Å². The van der Waals surface area contributed by atoms with Crippen LogP contribution in [0, 0.1) is 5.92 Å². The maximum absolute atomic E-state index is 12.8. The Kier molecular flexibility index (Phi) is 3.44. The third-order valence-corrected chi connectivity index (χ3v) is 3.90. The van der Waals surface area contributed by atoms with E-state index in [1.807, 2.05) is 0 Å². The summed E-state index contributed by atoms with van der Waals surface area (Å²) in [4.78, 5) is 8.21. The van der Waals surface area contributed by atoms with Crippen LogP contribution in [0.5, 0.6) is 5.75 Å². The van der Waals surface area contributed by atoms with E-state index < -0.39 is 11.7 Å². The van der Waals surface area contributed by atoms with Gasteiger partial charge in [0.05, 0.1) is 23.9 Å². The summed E-state index contributed by atoms with van der Waals surface area (Å²) in [5.74, 6) is 1.31. The third-order valence-electron chi connectivity index (χ3n) is 3.90. The normalized spacial score (nSPS) is 15.0. The molecule has 1 aliphatic rings. The van der Waals surface area contributed by atoms with Crippen molar-refractivity contribution in [2.45, 2.75) is 19.0 Å². The van der Waals surface area contributed by atoms with E-state index in [1.54, 1.807) is 18.5 Å². The maximum Gasteiger partial charge on any atom is 0.416 e. The Labute approximate surface area is 135 Å². The van der Waals surface area contributed by atoms with E-state index in [1.165, 1.54) is 6.07 Å². The molecule has 0 radical (unpaired) electrons. The van der Waals surface area contributed by atoms with Gasteiger partial charge in [0.15, 0.2) is 5.58 Å². The molecule has 4 nitrogen and oxygen atoms in total.